The molecule has 2 aromatic rings. The van der Waals surface area contributed by atoms with E-state index < -0.39 is 0 Å². The molecule has 0 bridgehead atoms. The molecular weight excluding hydrogens is 308 g/mol. The van der Waals surface area contributed by atoms with Crippen LogP contribution in [0.3, 0.4) is 0 Å². The van der Waals surface area contributed by atoms with E-state index in [-0.39, 0.29) is 5.91 Å². The lowest BCUT2D eigenvalue weighted by molar-refractivity contribution is 0.0933. The third-order valence-corrected chi connectivity index (χ3v) is 4.79. The maximum atomic E-state index is 12.4. The van der Waals surface area contributed by atoms with Crippen molar-refractivity contribution >= 4 is 17.2 Å². The summed E-state index contributed by atoms with van der Waals surface area (Å²) >= 11 is 1.55. The van der Waals surface area contributed by atoms with Crippen LogP contribution in [0.4, 0.5) is 0 Å². The molecule has 1 fully saturated rings. The van der Waals surface area contributed by atoms with Gasteiger partial charge in [0.05, 0.1) is 11.2 Å². The zero-order valence-electron chi connectivity index (χ0n) is 13.2. The van der Waals surface area contributed by atoms with Gasteiger partial charge >= 0.3 is 0 Å². The van der Waals surface area contributed by atoms with Gasteiger partial charge in [0.25, 0.3) is 5.91 Å². The zero-order chi connectivity index (χ0) is 15.9. The molecule has 23 heavy (non-hydrogen) atoms. The lowest BCUT2D eigenvalue weighted by atomic mass is 10.1. The van der Waals surface area contributed by atoms with Gasteiger partial charge in [-0.1, -0.05) is 31.7 Å². The second-order valence-electron chi connectivity index (χ2n) is 5.96. The van der Waals surface area contributed by atoms with Gasteiger partial charge < -0.3 is 10.1 Å². The van der Waals surface area contributed by atoms with Crippen molar-refractivity contribution in [1.29, 1.82) is 0 Å². The second kappa shape index (κ2) is 8.11. The number of nitrogens with zero attached hydrogens (tertiary/aromatic N) is 1. The van der Waals surface area contributed by atoms with E-state index >= 15 is 0 Å². The number of carbonyl (C=O) groups excluding carboxylic acids is 1. The van der Waals surface area contributed by atoms with Crippen LogP contribution >= 0.6 is 11.3 Å². The molecule has 3 rings (SSSR count). The molecule has 1 aliphatic carbocycles. The van der Waals surface area contributed by atoms with Gasteiger partial charge in [0.15, 0.2) is 0 Å². The van der Waals surface area contributed by atoms with E-state index in [2.05, 4.69) is 10.3 Å². The Morgan fingerprint density at radius 3 is 2.83 bits per heavy atom. The van der Waals surface area contributed by atoms with Crippen LogP contribution in [0.25, 0.3) is 0 Å². The first kappa shape index (κ1) is 16.0. The summed E-state index contributed by atoms with van der Waals surface area (Å²) in [5, 5.41) is 5.13. The summed E-state index contributed by atoms with van der Waals surface area (Å²) in [4.78, 5) is 16.6. The summed E-state index contributed by atoms with van der Waals surface area (Å²) in [7, 11) is 0. The van der Waals surface area contributed by atoms with E-state index in [1.165, 1.54) is 25.7 Å². The highest BCUT2D eigenvalue weighted by atomic mass is 32.1. The number of carbonyl (C=O) groups is 1. The number of hydrogen-bond acceptors (Lipinski definition) is 4. The van der Waals surface area contributed by atoms with Gasteiger partial charge in [0.1, 0.15) is 12.4 Å². The Hall–Kier alpha value is -1.88. The van der Waals surface area contributed by atoms with E-state index in [4.69, 9.17) is 4.74 Å². The van der Waals surface area contributed by atoms with Crippen LogP contribution in [0.2, 0.25) is 0 Å². The van der Waals surface area contributed by atoms with E-state index in [0.29, 0.717) is 24.0 Å². The van der Waals surface area contributed by atoms with Gasteiger partial charge in [-0.3, -0.25) is 4.79 Å². The molecule has 5 heteroatoms. The van der Waals surface area contributed by atoms with Gasteiger partial charge in [-0.25, -0.2) is 4.98 Å². The minimum atomic E-state index is -0.00370. The molecule has 1 aliphatic rings. The van der Waals surface area contributed by atoms with Crippen LogP contribution in [0.5, 0.6) is 5.75 Å². The summed E-state index contributed by atoms with van der Waals surface area (Å²) in [6.45, 7) is 0.428. The summed E-state index contributed by atoms with van der Waals surface area (Å²) in [6.07, 6.45) is 7.17. The number of hydrogen-bond donors (Lipinski definition) is 1. The molecule has 122 valence electrons. The third kappa shape index (κ3) is 4.79. The molecule has 1 N–H and O–H groups in total. The Balaban J connectivity index is 1.58. The lowest BCUT2D eigenvalue weighted by Crippen LogP contribution is -2.34. The van der Waals surface area contributed by atoms with Crippen molar-refractivity contribution in [3.05, 3.63) is 46.4 Å². The van der Waals surface area contributed by atoms with Crippen molar-refractivity contribution in [3.8, 4) is 5.75 Å². The monoisotopic (exact) mass is 330 g/mol. The third-order valence-electron chi connectivity index (χ3n) is 4.16. The molecular formula is C18H22N2O2S. The topological polar surface area (TPSA) is 51.2 Å². The average molecular weight is 330 g/mol. The molecule has 0 aliphatic heterocycles. The van der Waals surface area contributed by atoms with Gasteiger partial charge in [-0.15, -0.1) is 11.3 Å². The fourth-order valence-electron chi connectivity index (χ4n) is 2.89. The van der Waals surface area contributed by atoms with Crippen LogP contribution in [0.15, 0.2) is 35.2 Å². The maximum Gasteiger partial charge on any atom is 0.251 e. The summed E-state index contributed by atoms with van der Waals surface area (Å²) in [5.41, 5.74) is 3.35. The summed E-state index contributed by atoms with van der Waals surface area (Å²) in [5.74, 6) is 0.697. The van der Waals surface area contributed by atoms with Crippen molar-refractivity contribution in [1.82, 2.24) is 10.3 Å². The van der Waals surface area contributed by atoms with Gasteiger partial charge in [-0.2, -0.15) is 0 Å². The van der Waals surface area contributed by atoms with Crippen LogP contribution in [-0.2, 0) is 6.61 Å². The predicted octanol–water partition coefficient (Wildman–Crippen LogP) is 4.17. The standard InChI is InChI=1S/C18H22N2O2S/c21-18(20-15-7-3-1-2-4-8-15)14-6-5-9-17(10-14)22-11-16-12-23-13-19-16/h5-6,9-10,12-13,15H,1-4,7-8,11H2,(H,20,21). The molecule has 0 radical (unpaired) electrons. The first-order valence-electron chi connectivity index (χ1n) is 8.22. The second-order valence-corrected chi connectivity index (χ2v) is 6.68. The highest BCUT2D eigenvalue weighted by Gasteiger charge is 2.16. The molecule has 1 heterocycles. The number of aromatic nitrogens is 1. The van der Waals surface area contributed by atoms with Crippen molar-refractivity contribution in [3.63, 3.8) is 0 Å². The Kier molecular flexibility index (Phi) is 5.64. The van der Waals surface area contributed by atoms with E-state index in [0.717, 1.165) is 18.5 Å². The van der Waals surface area contributed by atoms with Crippen molar-refractivity contribution in [2.75, 3.05) is 0 Å². The van der Waals surface area contributed by atoms with E-state index in [9.17, 15) is 4.79 Å². The molecule has 4 nitrogen and oxygen atoms in total. The van der Waals surface area contributed by atoms with E-state index in [1.807, 2.05) is 23.6 Å². The van der Waals surface area contributed by atoms with Gasteiger partial charge in [-0.05, 0) is 31.0 Å². The zero-order valence-corrected chi connectivity index (χ0v) is 14.0. The highest BCUT2D eigenvalue weighted by Crippen LogP contribution is 2.19. The number of benzene rings is 1. The van der Waals surface area contributed by atoms with Crippen LogP contribution < -0.4 is 10.1 Å². The highest BCUT2D eigenvalue weighted by molar-refractivity contribution is 7.07. The van der Waals surface area contributed by atoms with Crippen LogP contribution in [0.1, 0.15) is 54.6 Å². The first-order valence-corrected chi connectivity index (χ1v) is 9.16. The summed E-state index contributed by atoms with van der Waals surface area (Å²) in [6, 6.07) is 7.68. The Bertz CT molecular complexity index is 620. The normalized spacial score (nSPS) is 15.8. The van der Waals surface area contributed by atoms with Gasteiger partial charge in [0, 0.05) is 17.0 Å². The minimum absolute atomic E-state index is 0.00370. The molecule has 0 atom stereocenters. The number of nitrogens with one attached hydrogen (secondary N) is 1. The van der Waals surface area contributed by atoms with Crippen molar-refractivity contribution < 1.29 is 9.53 Å². The fourth-order valence-corrected chi connectivity index (χ4v) is 3.43. The molecule has 0 spiro atoms. The summed E-state index contributed by atoms with van der Waals surface area (Å²) < 4.78 is 5.72. The lowest BCUT2D eigenvalue weighted by Gasteiger charge is -2.16. The Morgan fingerprint density at radius 2 is 2.09 bits per heavy atom. The molecule has 1 aromatic heterocycles. The number of thiazole rings is 1. The molecule has 1 saturated carbocycles. The number of ether oxygens (including phenoxy) is 1. The van der Waals surface area contributed by atoms with Crippen LogP contribution in [-0.4, -0.2) is 16.9 Å². The number of amides is 1. The quantitative estimate of drug-likeness (QED) is 0.837. The first-order chi connectivity index (χ1) is 11.3. The molecule has 0 unspecified atom stereocenters. The van der Waals surface area contributed by atoms with Crippen molar-refractivity contribution in [2.24, 2.45) is 0 Å². The largest absolute Gasteiger partial charge is 0.487 e. The molecule has 1 amide bonds. The molecule has 0 saturated heterocycles. The van der Waals surface area contributed by atoms with Crippen molar-refractivity contribution in [2.45, 2.75) is 51.2 Å². The minimum Gasteiger partial charge on any atom is -0.487 e. The fraction of sp³-hybridized carbons (Fsp3) is 0.444. The SMILES string of the molecule is O=C(NC1CCCCCC1)c1cccc(OCc2cscn2)c1. The Labute approximate surface area is 140 Å². The van der Waals surface area contributed by atoms with E-state index in [1.54, 1.807) is 22.9 Å². The Morgan fingerprint density at radius 1 is 1.26 bits per heavy atom. The molecule has 1 aromatic carbocycles. The predicted molar refractivity (Wildman–Crippen MR) is 91.8 cm³/mol. The average Bonchev–Trinajstić information content (AvgIpc) is 2.97. The smallest absolute Gasteiger partial charge is 0.251 e. The maximum absolute atomic E-state index is 12.4. The van der Waals surface area contributed by atoms with Gasteiger partial charge in [0.2, 0.25) is 0 Å². The number of rotatable bonds is 5. The van der Waals surface area contributed by atoms with Crippen LogP contribution in [0, 0.1) is 0 Å².